The third-order valence-electron chi connectivity index (χ3n) is 5.62. The molecule has 2 aliphatic rings. The highest BCUT2D eigenvalue weighted by molar-refractivity contribution is 5.85. The van der Waals surface area contributed by atoms with Gasteiger partial charge < -0.3 is 4.90 Å². The van der Waals surface area contributed by atoms with Gasteiger partial charge in [0.15, 0.2) is 0 Å². The van der Waals surface area contributed by atoms with Crippen LogP contribution in [0.3, 0.4) is 0 Å². The van der Waals surface area contributed by atoms with E-state index in [1.54, 1.807) is 0 Å². The molecule has 2 fully saturated rings. The second-order valence-electron chi connectivity index (χ2n) is 8.07. The summed E-state index contributed by atoms with van der Waals surface area (Å²) in [5, 5.41) is 0. The molecule has 132 valence electrons. The SMILES string of the molecule is CC(C)[C@H]1CN(C(=O)C2(C)CC2)CCCN1Cc1ccc(F)cc1. The van der Waals surface area contributed by atoms with E-state index in [4.69, 9.17) is 0 Å². The van der Waals surface area contributed by atoms with Gasteiger partial charge in [0.25, 0.3) is 0 Å². The highest BCUT2D eigenvalue weighted by Crippen LogP contribution is 2.46. The first-order valence-electron chi connectivity index (χ1n) is 9.17. The molecule has 1 saturated heterocycles. The predicted octanol–water partition coefficient (Wildman–Crippen LogP) is 3.68. The molecule has 3 nitrogen and oxygen atoms in total. The maximum atomic E-state index is 13.1. The smallest absolute Gasteiger partial charge is 0.228 e. The lowest BCUT2D eigenvalue weighted by Crippen LogP contribution is -2.46. The monoisotopic (exact) mass is 332 g/mol. The second-order valence-corrected chi connectivity index (χ2v) is 8.07. The first-order chi connectivity index (χ1) is 11.4. The molecular formula is C20H29FN2O. The van der Waals surface area contributed by atoms with Crippen molar-refractivity contribution in [1.82, 2.24) is 9.80 Å². The molecule has 0 unspecified atom stereocenters. The quantitative estimate of drug-likeness (QED) is 0.840. The first kappa shape index (κ1) is 17.4. The Morgan fingerprint density at radius 1 is 1.25 bits per heavy atom. The topological polar surface area (TPSA) is 23.6 Å². The molecule has 1 aliphatic carbocycles. The maximum absolute atomic E-state index is 13.1. The molecule has 0 spiro atoms. The van der Waals surface area contributed by atoms with Gasteiger partial charge in [0, 0.05) is 37.6 Å². The van der Waals surface area contributed by atoms with Gasteiger partial charge in [-0.2, -0.15) is 0 Å². The molecule has 1 amide bonds. The van der Waals surface area contributed by atoms with Gasteiger partial charge in [0.2, 0.25) is 5.91 Å². The van der Waals surface area contributed by atoms with Gasteiger partial charge in [-0.15, -0.1) is 0 Å². The molecule has 1 aromatic carbocycles. The Labute approximate surface area is 144 Å². The van der Waals surface area contributed by atoms with Gasteiger partial charge in [-0.1, -0.05) is 32.9 Å². The van der Waals surface area contributed by atoms with Crippen LogP contribution in [0.15, 0.2) is 24.3 Å². The molecule has 4 heteroatoms. The third-order valence-corrected chi connectivity index (χ3v) is 5.62. The molecule has 0 aromatic heterocycles. The van der Waals surface area contributed by atoms with E-state index in [2.05, 4.69) is 30.6 Å². The maximum Gasteiger partial charge on any atom is 0.228 e. The molecule has 0 N–H and O–H groups in total. The Balaban J connectivity index is 1.72. The minimum atomic E-state index is -0.190. The lowest BCUT2D eigenvalue weighted by atomic mass is 10.0. The summed E-state index contributed by atoms with van der Waals surface area (Å²) in [5.74, 6) is 0.632. The summed E-state index contributed by atoms with van der Waals surface area (Å²) >= 11 is 0. The summed E-state index contributed by atoms with van der Waals surface area (Å²) in [6.07, 6.45) is 3.08. The van der Waals surface area contributed by atoms with Crippen LogP contribution in [0, 0.1) is 17.2 Å². The second kappa shape index (κ2) is 6.83. The number of hydrogen-bond acceptors (Lipinski definition) is 2. The van der Waals surface area contributed by atoms with E-state index in [9.17, 15) is 9.18 Å². The van der Waals surface area contributed by atoms with Crippen LogP contribution < -0.4 is 0 Å². The van der Waals surface area contributed by atoms with E-state index in [1.165, 1.54) is 12.1 Å². The van der Waals surface area contributed by atoms with Gasteiger partial charge in [0.1, 0.15) is 5.82 Å². The minimum Gasteiger partial charge on any atom is -0.341 e. The average molecular weight is 332 g/mol. The number of halogens is 1. The van der Waals surface area contributed by atoms with Crippen molar-refractivity contribution in [3.05, 3.63) is 35.6 Å². The Bertz CT molecular complexity index is 580. The van der Waals surface area contributed by atoms with Crippen molar-refractivity contribution in [2.75, 3.05) is 19.6 Å². The molecule has 1 heterocycles. The number of carbonyl (C=O) groups is 1. The van der Waals surface area contributed by atoms with Crippen molar-refractivity contribution in [3.8, 4) is 0 Å². The van der Waals surface area contributed by atoms with E-state index >= 15 is 0 Å². The van der Waals surface area contributed by atoms with E-state index in [0.717, 1.165) is 51.0 Å². The van der Waals surface area contributed by atoms with Crippen molar-refractivity contribution in [1.29, 1.82) is 0 Å². The summed E-state index contributed by atoms with van der Waals surface area (Å²) in [6.45, 7) is 10.0. The van der Waals surface area contributed by atoms with Gasteiger partial charge in [-0.25, -0.2) is 4.39 Å². The number of benzene rings is 1. The highest BCUT2D eigenvalue weighted by Gasteiger charge is 2.47. The van der Waals surface area contributed by atoms with Gasteiger partial charge in [-0.05, 0) is 42.9 Å². The fraction of sp³-hybridized carbons (Fsp3) is 0.650. The van der Waals surface area contributed by atoms with E-state index in [-0.39, 0.29) is 11.2 Å². The van der Waals surface area contributed by atoms with Crippen LogP contribution in [0.1, 0.15) is 45.6 Å². The normalized spacial score (nSPS) is 24.0. The van der Waals surface area contributed by atoms with Crippen LogP contribution in [0.5, 0.6) is 0 Å². The van der Waals surface area contributed by atoms with Crippen LogP contribution in [0.4, 0.5) is 4.39 Å². The van der Waals surface area contributed by atoms with E-state index in [0.29, 0.717) is 17.9 Å². The Morgan fingerprint density at radius 3 is 2.50 bits per heavy atom. The minimum absolute atomic E-state index is 0.0896. The Morgan fingerprint density at radius 2 is 1.92 bits per heavy atom. The molecule has 3 rings (SSSR count). The van der Waals surface area contributed by atoms with Crippen molar-refractivity contribution < 1.29 is 9.18 Å². The number of carbonyl (C=O) groups excluding carboxylic acids is 1. The molecule has 1 aliphatic heterocycles. The summed E-state index contributed by atoms with van der Waals surface area (Å²) in [6, 6.07) is 7.14. The summed E-state index contributed by atoms with van der Waals surface area (Å²) in [5.41, 5.74) is 1.05. The fourth-order valence-corrected chi connectivity index (χ4v) is 3.68. The van der Waals surface area contributed by atoms with Crippen LogP contribution in [0.2, 0.25) is 0 Å². The Kier molecular flexibility index (Phi) is 4.95. The van der Waals surface area contributed by atoms with Gasteiger partial charge >= 0.3 is 0 Å². The number of rotatable bonds is 4. The summed E-state index contributed by atoms with van der Waals surface area (Å²) < 4.78 is 13.1. The van der Waals surface area contributed by atoms with Crippen LogP contribution >= 0.6 is 0 Å². The summed E-state index contributed by atoms with van der Waals surface area (Å²) in [4.78, 5) is 17.3. The largest absolute Gasteiger partial charge is 0.341 e. The lowest BCUT2D eigenvalue weighted by Gasteiger charge is -2.35. The average Bonchev–Trinajstić information content (AvgIpc) is 3.32. The number of amides is 1. The molecule has 0 bridgehead atoms. The number of nitrogens with zero attached hydrogens (tertiary/aromatic N) is 2. The fourth-order valence-electron chi connectivity index (χ4n) is 3.68. The van der Waals surface area contributed by atoms with Crippen molar-refractivity contribution in [2.24, 2.45) is 11.3 Å². The summed E-state index contributed by atoms with van der Waals surface area (Å²) in [7, 11) is 0. The highest BCUT2D eigenvalue weighted by atomic mass is 19.1. The Hall–Kier alpha value is -1.42. The van der Waals surface area contributed by atoms with Crippen LogP contribution in [-0.4, -0.2) is 41.4 Å². The zero-order valence-electron chi connectivity index (χ0n) is 15.1. The zero-order valence-corrected chi connectivity index (χ0v) is 15.1. The third kappa shape index (κ3) is 3.80. The molecule has 1 aromatic rings. The first-order valence-corrected chi connectivity index (χ1v) is 9.17. The van der Waals surface area contributed by atoms with Crippen LogP contribution in [-0.2, 0) is 11.3 Å². The molecule has 24 heavy (non-hydrogen) atoms. The zero-order chi connectivity index (χ0) is 17.3. The van der Waals surface area contributed by atoms with Gasteiger partial charge in [0.05, 0.1) is 0 Å². The standard InChI is InChI=1S/C20H29FN2O/c1-15(2)18-14-23(19(24)20(3)9-10-20)12-4-11-22(18)13-16-5-7-17(21)8-6-16/h5-8,15,18H,4,9-14H2,1-3H3/t18-/m1/s1. The molecule has 1 atom stereocenters. The lowest BCUT2D eigenvalue weighted by molar-refractivity contribution is -0.136. The van der Waals surface area contributed by atoms with E-state index in [1.807, 2.05) is 12.1 Å². The van der Waals surface area contributed by atoms with E-state index < -0.39 is 0 Å². The molecule has 0 radical (unpaired) electrons. The predicted molar refractivity (Wildman–Crippen MR) is 94.0 cm³/mol. The van der Waals surface area contributed by atoms with Crippen LogP contribution in [0.25, 0.3) is 0 Å². The van der Waals surface area contributed by atoms with Gasteiger partial charge in [-0.3, -0.25) is 9.69 Å². The van der Waals surface area contributed by atoms with Crippen molar-refractivity contribution in [3.63, 3.8) is 0 Å². The van der Waals surface area contributed by atoms with Crippen molar-refractivity contribution >= 4 is 5.91 Å². The number of hydrogen-bond donors (Lipinski definition) is 0. The van der Waals surface area contributed by atoms with Crippen molar-refractivity contribution in [2.45, 2.75) is 52.6 Å². The molecule has 1 saturated carbocycles. The molecular weight excluding hydrogens is 303 g/mol.